The van der Waals surface area contributed by atoms with Crippen LogP contribution in [-0.2, 0) is 9.53 Å². The van der Waals surface area contributed by atoms with E-state index in [1.807, 2.05) is 0 Å². The Bertz CT molecular complexity index is 992. The molecule has 29 heavy (non-hydrogen) atoms. The lowest BCUT2D eigenvalue weighted by molar-refractivity contribution is -0.137. The molecule has 1 aromatic rings. The molecule has 1 aliphatic carbocycles. The van der Waals surface area contributed by atoms with Crippen molar-refractivity contribution in [2.24, 2.45) is 5.41 Å². The second-order valence-electron chi connectivity index (χ2n) is 7.32. The number of ether oxygens (including phenoxy) is 1. The van der Waals surface area contributed by atoms with Gasteiger partial charge in [-0.1, -0.05) is 34.1 Å². The first-order chi connectivity index (χ1) is 13.3. The number of hydrogen-bond acceptors (Lipinski definition) is 5. The van der Waals surface area contributed by atoms with Gasteiger partial charge in [0.05, 0.1) is 36.1 Å². The van der Waals surface area contributed by atoms with Crippen molar-refractivity contribution in [2.75, 3.05) is 7.11 Å². The maximum atomic E-state index is 14.2. The van der Waals surface area contributed by atoms with Crippen molar-refractivity contribution < 1.29 is 22.7 Å². The Hall–Kier alpha value is -2.78. The van der Waals surface area contributed by atoms with Gasteiger partial charge in [0.1, 0.15) is 0 Å². The molecule has 152 valence electrons. The number of esters is 1. The van der Waals surface area contributed by atoms with Gasteiger partial charge in [-0.3, -0.25) is 0 Å². The van der Waals surface area contributed by atoms with Gasteiger partial charge < -0.3 is 10.1 Å². The van der Waals surface area contributed by atoms with E-state index in [0.717, 1.165) is 7.11 Å². The smallest absolute Gasteiger partial charge is 0.419 e. The monoisotopic (exact) mass is 467 g/mol. The van der Waals surface area contributed by atoms with E-state index in [9.17, 15) is 28.5 Å². The van der Waals surface area contributed by atoms with Crippen LogP contribution in [0.3, 0.4) is 0 Å². The van der Waals surface area contributed by atoms with E-state index >= 15 is 0 Å². The summed E-state index contributed by atoms with van der Waals surface area (Å²) < 4.78 is 47.4. The Labute approximate surface area is 174 Å². The number of halogens is 4. The summed E-state index contributed by atoms with van der Waals surface area (Å²) in [4.78, 5) is 12.5. The summed E-state index contributed by atoms with van der Waals surface area (Å²) in [6.07, 6.45) is -5.03. The van der Waals surface area contributed by atoms with E-state index in [2.05, 4.69) is 26.0 Å². The van der Waals surface area contributed by atoms with Crippen molar-refractivity contribution in [3.8, 4) is 12.1 Å². The van der Waals surface area contributed by atoms with Gasteiger partial charge >= 0.3 is 12.1 Å². The SMILES string of the molecule is COC(=O)C1=C(c2ccccc2Br)C(C#N)(C#N)C(NC(C)(C)C)=C1C(F)(F)F. The normalized spacial score (nSPS) is 16.3. The number of carbonyl (C=O) groups is 1. The third-order valence-corrected chi connectivity index (χ3v) is 4.84. The average Bonchev–Trinajstić information content (AvgIpc) is 2.90. The van der Waals surface area contributed by atoms with E-state index in [1.54, 1.807) is 45.0 Å². The van der Waals surface area contributed by atoms with Crippen LogP contribution in [0.4, 0.5) is 13.2 Å². The molecule has 0 saturated heterocycles. The molecule has 2 rings (SSSR count). The van der Waals surface area contributed by atoms with Crippen molar-refractivity contribution in [1.29, 1.82) is 10.5 Å². The highest BCUT2D eigenvalue weighted by Gasteiger charge is 2.58. The van der Waals surface area contributed by atoms with E-state index in [-0.39, 0.29) is 11.1 Å². The summed E-state index contributed by atoms with van der Waals surface area (Å²) in [7, 11) is 0.941. The maximum Gasteiger partial charge on any atom is 0.419 e. The molecule has 0 radical (unpaired) electrons. The second-order valence-corrected chi connectivity index (χ2v) is 8.17. The molecule has 0 unspecified atom stereocenters. The molecule has 0 spiro atoms. The highest BCUT2D eigenvalue weighted by molar-refractivity contribution is 9.10. The molecule has 0 heterocycles. The molecule has 5 nitrogen and oxygen atoms in total. The van der Waals surface area contributed by atoms with Gasteiger partial charge in [-0.25, -0.2) is 4.79 Å². The minimum absolute atomic E-state index is 0.114. The van der Waals surface area contributed by atoms with E-state index in [4.69, 9.17) is 0 Å². The molecule has 1 N–H and O–H groups in total. The molecule has 9 heteroatoms. The zero-order chi connectivity index (χ0) is 22.2. The summed E-state index contributed by atoms with van der Waals surface area (Å²) in [6, 6.07) is 9.56. The number of nitriles is 2. The molecule has 1 aromatic carbocycles. The molecular formula is C20H17BrF3N3O2. The van der Waals surface area contributed by atoms with Crippen LogP contribution in [0.1, 0.15) is 26.3 Å². The molecule has 0 saturated carbocycles. The van der Waals surface area contributed by atoms with E-state index in [1.165, 1.54) is 12.1 Å². The van der Waals surface area contributed by atoms with Crippen LogP contribution in [0.15, 0.2) is 45.6 Å². The molecule has 0 aliphatic heterocycles. The molecule has 0 amide bonds. The van der Waals surface area contributed by atoms with Crippen LogP contribution >= 0.6 is 15.9 Å². The molecular weight excluding hydrogens is 451 g/mol. The van der Waals surface area contributed by atoms with Crippen molar-refractivity contribution >= 4 is 27.5 Å². The Morgan fingerprint density at radius 3 is 2.14 bits per heavy atom. The highest BCUT2D eigenvalue weighted by Crippen LogP contribution is 2.56. The first-order valence-electron chi connectivity index (χ1n) is 8.35. The van der Waals surface area contributed by atoms with Crippen LogP contribution in [0.5, 0.6) is 0 Å². The lowest BCUT2D eigenvalue weighted by Gasteiger charge is -2.30. The largest absolute Gasteiger partial charge is 0.465 e. The molecule has 0 aromatic heterocycles. The Morgan fingerprint density at radius 2 is 1.72 bits per heavy atom. The van der Waals surface area contributed by atoms with Crippen molar-refractivity contribution in [3.05, 3.63) is 51.1 Å². The van der Waals surface area contributed by atoms with Gasteiger partial charge in [0.2, 0.25) is 5.41 Å². The number of benzene rings is 1. The predicted octanol–water partition coefficient (Wildman–Crippen LogP) is 4.63. The van der Waals surface area contributed by atoms with E-state index in [0.29, 0.717) is 4.47 Å². The van der Waals surface area contributed by atoms with Gasteiger partial charge in [-0.15, -0.1) is 0 Å². The number of methoxy groups -OCH3 is 1. The Morgan fingerprint density at radius 1 is 1.17 bits per heavy atom. The van der Waals surface area contributed by atoms with Gasteiger partial charge in [-0.2, -0.15) is 23.7 Å². The van der Waals surface area contributed by atoms with Crippen LogP contribution in [-0.4, -0.2) is 24.8 Å². The van der Waals surface area contributed by atoms with Gasteiger partial charge in [0.15, 0.2) is 0 Å². The van der Waals surface area contributed by atoms with Gasteiger partial charge in [-0.05, 0) is 32.4 Å². The summed E-state index contributed by atoms with van der Waals surface area (Å²) in [5.74, 6) is -1.29. The van der Waals surface area contributed by atoms with Crippen molar-refractivity contribution in [3.63, 3.8) is 0 Å². The molecule has 1 aliphatic rings. The summed E-state index contributed by atoms with van der Waals surface area (Å²) in [6.45, 7) is 4.76. The zero-order valence-corrected chi connectivity index (χ0v) is 17.6. The molecule has 0 fully saturated rings. The first kappa shape index (κ1) is 22.5. The predicted molar refractivity (Wildman–Crippen MR) is 103 cm³/mol. The Balaban J connectivity index is 3.11. The topological polar surface area (TPSA) is 85.9 Å². The summed E-state index contributed by atoms with van der Waals surface area (Å²) in [5.41, 5.74) is -6.52. The van der Waals surface area contributed by atoms with E-state index < -0.39 is 39.9 Å². The first-order valence-corrected chi connectivity index (χ1v) is 9.14. The number of rotatable bonds is 3. The van der Waals surface area contributed by atoms with Crippen molar-refractivity contribution in [1.82, 2.24) is 5.32 Å². The van der Waals surface area contributed by atoms with Crippen LogP contribution in [0.25, 0.3) is 5.57 Å². The molecule has 0 atom stereocenters. The Kier molecular flexibility index (Phi) is 5.87. The number of nitrogens with zero attached hydrogens (tertiary/aromatic N) is 2. The fourth-order valence-corrected chi connectivity index (χ4v) is 3.60. The fraction of sp³-hybridized carbons (Fsp3) is 0.350. The number of alkyl halides is 3. The van der Waals surface area contributed by atoms with Gasteiger partial charge in [0.25, 0.3) is 0 Å². The minimum Gasteiger partial charge on any atom is -0.465 e. The maximum absolute atomic E-state index is 14.2. The standard InChI is InChI=1S/C20H17BrF3N3O2/c1-18(2,3)27-16-15(20(22,23)24)13(17(28)29-4)14(19(16,9-25)10-26)11-7-5-6-8-12(11)21/h5-8,27H,1-4H3. The highest BCUT2D eigenvalue weighted by atomic mass is 79.9. The lowest BCUT2D eigenvalue weighted by Crippen LogP contribution is -2.42. The van der Waals surface area contributed by atoms with Crippen LogP contribution in [0, 0.1) is 28.1 Å². The number of carbonyl (C=O) groups excluding carboxylic acids is 1. The number of allylic oxidation sites excluding steroid dienone is 1. The lowest BCUT2D eigenvalue weighted by atomic mass is 9.78. The number of nitrogens with one attached hydrogen (secondary N) is 1. The third-order valence-electron chi connectivity index (χ3n) is 4.15. The number of hydrogen-bond donors (Lipinski definition) is 1. The van der Waals surface area contributed by atoms with Crippen molar-refractivity contribution in [2.45, 2.75) is 32.5 Å². The fourth-order valence-electron chi connectivity index (χ4n) is 3.12. The van der Waals surface area contributed by atoms with Gasteiger partial charge in [0, 0.05) is 15.6 Å². The summed E-state index contributed by atoms with van der Waals surface area (Å²) in [5, 5.41) is 22.5. The summed E-state index contributed by atoms with van der Waals surface area (Å²) >= 11 is 3.24. The minimum atomic E-state index is -5.03. The average molecular weight is 468 g/mol. The third kappa shape index (κ3) is 3.88. The van der Waals surface area contributed by atoms with Crippen LogP contribution < -0.4 is 5.32 Å². The zero-order valence-electron chi connectivity index (χ0n) is 16.0. The van der Waals surface area contributed by atoms with Crippen LogP contribution in [0.2, 0.25) is 0 Å². The second kappa shape index (κ2) is 7.57. The molecule has 0 bridgehead atoms. The quantitative estimate of drug-likeness (QED) is 0.655.